The Labute approximate surface area is 177 Å². The molecule has 2 aromatic carbocycles. The first-order valence-electron chi connectivity index (χ1n) is 8.97. The number of carbonyl (C=O) groups excluding carboxylic acids is 1. The van der Waals surface area contributed by atoms with Gasteiger partial charge in [0.1, 0.15) is 0 Å². The van der Waals surface area contributed by atoms with Gasteiger partial charge in [-0.15, -0.1) is 16.5 Å². The van der Waals surface area contributed by atoms with Crippen LogP contribution in [0.3, 0.4) is 0 Å². The third-order valence-electron chi connectivity index (χ3n) is 4.03. The number of hydrogen-bond donors (Lipinski definition) is 1. The van der Waals surface area contributed by atoms with Gasteiger partial charge in [-0.05, 0) is 30.7 Å². The van der Waals surface area contributed by atoms with Crippen molar-refractivity contribution in [2.24, 2.45) is 0 Å². The van der Waals surface area contributed by atoms with Crippen molar-refractivity contribution in [3.05, 3.63) is 63.7 Å². The lowest BCUT2D eigenvalue weighted by molar-refractivity contribution is -0.385. The summed E-state index contributed by atoms with van der Waals surface area (Å²) in [5.41, 5.74) is 1.49. The normalized spacial score (nSPS) is 13.2. The Morgan fingerprint density at radius 2 is 1.90 bits per heavy atom. The molecule has 0 aliphatic carbocycles. The first kappa shape index (κ1) is 23.2. The fraction of sp³-hybridized carbons (Fsp3) is 0.350. The number of carbonyl (C=O) groups is 1. The van der Waals surface area contributed by atoms with Crippen molar-refractivity contribution >= 4 is 34.8 Å². The van der Waals surface area contributed by atoms with Gasteiger partial charge >= 0.3 is 5.97 Å². The standard InChI is InChI=1S/C20H24N2O5S2/c1-13(2)28-19-10-7-15(22(24)25)11-17(19)18(12-20(23)27-4)21-29(26)16-8-5-14(3)6-9-16/h5-11,13,18,21H,12H2,1-4H3/t18-,29?/m1/s1. The van der Waals surface area contributed by atoms with Crippen LogP contribution < -0.4 is 4.72 Å². The second-order valence-electron chi connectivity index (χ2n) is 6.68. The van der Waals surface area contributed by atoms with Gasteiger partial charge in [0, 0.05) is 22.3 Å². The number of methoxy groups -OCH3 is 1. The molecule has 0 aliphatic rings. The van der Waals surface area contributed by atoms with Gasteiger partial charge in [-0.2, -0.15) is 0 Å². The first-order chi connectivity index (χ1) is 13.7. The van der Waals surface area contributed by atoms with Gasteiger partial charge in [0.25, 0.3) is 5.69 Å². The predicted octanol–water partition coefficient (Wildman–Crippen LogP) is 4.32. The maximum atomic E-state index is 12.9. The first-order valence-corrected chi connectivity index (χ1v) is 11.0. The van der Waals surface area contributed by atoms with E-state index in [1.807, 2.05) is 32.9 Å². The van der Waals surface area contributed by atoms with E-state index in [2.05, 4.69) is 4.72 Å². The minimum absolute atomic E-state index is 0.0918. The molecule has 29 heavy (non-hydrogen) atoms. The minimum Gasteiger partial charge on any atom is -0.593 e. The van der Waals surface area contributed by atoms with Crippen LogP contribution in [0, 0.1) is 17.0 Å². The number of benzene rings is 2. The molecule has 1 N–H and O–H groups in total. The zero-order chi connectivity index (χ0) is 21.6. The number of rotatable bonds is 9. The second kappa shape index (κ2) is 10.6. The number of non-ortho nitro benzene ring substituents is 1. The molecule has 156 valence electrons. The number of nitro groups is 1. The Morgan fingerprint density at radius 1 is 1.24 bits per heavy atom. The van der Waals surface area contributed by atoms with Crippen molar-refractivity contribution in [1.29, 1.82) is 0 Å². The van der Waals surface area contributed by atoms with E-state index in [1.54, 1.807) is 18.2 Å². The zero-order valence-electron chi connectivity index (χ0n) is 16.7. The van der Waals surface area contributed by atoms with Crippen molar-refractivity contribution in [2.45, 2.75) is 48.3 Å². The highest BCUT2D eigenvalue weighted by atomic mass is 32.2. The van der Waals surface area contributed by atoms with E-state index >= 15 is 0 Å². The van der Waals surface area contributed by atoms with Gasteiger partial charge in [0.15, 0.2) is 4.90 Å². The molecule has 0 heterocycles. The molecule has 0 aromatic heterocycles. The molecule has 0 spiro atoms. The molecule has 2 atom stereocenters. The molecular weight excluding hydrogens is 412 g/mol. The molecule has 0 amide bonds. The number of ether oxygens (including phenoxy) is 1. The van der Waals surface area contributed by atoms with Crippen LogP contribution in [0.2, 0.25) is 0 Å². The van der Waals surface area contributed by atoms with E-state index in [0.29, 0.717) is 10.5 Å². The van der Waals surface area contributed by atoms with Crippen LogP contribution in [0.1, 0.15) is 37.4 Å². The molecule has 7 nitrogen and oxygen atoms in total. The smallest absolute Gasteiger partial charge is 0.307 e. The molecule has 1 unspecified atom stereocenters. The Hall–Kier alpha value is -2.07. The van der Waals surface area contributed by atoms with Gasteiger partial charge in [0.2, 0.25) is 0 Å². The summed E-state index contributed by atoms with van der Waals surface area (Å²) in [5, 5.41) is 11.5. The van der Waals surface area contributed by atoms with E-state index in [4.69, 9.17) is 4.74 Å². The summed E-state index contributed by atoms with van der Waals surface area (Å²) in [6, 6.07) is 11.0. The van der Waals surface area contributed by atoms with Crippen LogP contribution in [0.25, 0.3) is 0 Å². The molecule has 2 rings (SSSR count). The van der Waals surface area contributed by atoms with Gasteiger partial charge in [-0.3, -0.25) is 14.9 Å². The molecule has 2 aromatic rings. The van der Waals surface area contributed by atoms with Crippen LogP contribution in [0.5, 0.6) is 0 Å². The summed E-state index contributed by atoms with van der Waals surface area (Å²) in [5.74, 6) is -0.504. The van der Waals surface area contributed by atoms with Crippen LogP contribution in [0.4, 0.5) is 5.69 Å². The minimum atomic E-state index is -1.62. The average Bonchev–Trinajstić information content (AvgIpc) is 2.67. The van der Waals surface area contributed by atoms with E-state index in [0.717, 1.165) is 10.5 Å². The Bertz CT molecular complexity index is 858. The lowest BCUT2D eigenvalue weighted by Crippen LogP contribution is -2.31. The number of nitro benzene ring substituents is 1. The van der Waals surface area contributed by atoms with Crippen LogP contribution in [-0.4, -0.2) is 27.8 Å². The summed E-state index contributed by atoms with van der Waals surface area (Å²) in [7, 11) is 1.27. The van der Waals surface area contributed by atoms with Crippen LogP contribution in [-0.2, 0) is 20.9 Å². The topological polar surface area (TPSA) is 105 Å². The van der Waals surface area contributed by atoms with Gasteiger partial charge in [0.05, 0.1) is 35.9 Å². The van der Waals surface area contributed by atoms with Gasteiger partial charge < -0.3 is 9.29 Å². The summed E-state index contributed by atoms with van der Waals surface area (Å²) in [6.07, 6.45) is -0.110. The predicted molar refractivity (Wildman–Crippen MR) is 114 cm³/mol. The third kappa shape index (κ3) is 6.74. The second-order valence-corrected chi connectivity index (χ2v) is 9.54. The summed E-state index contributed by atoms with van der Waals surface area (Å²) in [4.78, 5) is 24.1. The quantitative estimate of drug-likeness (QED) is 0.205. The van der Waals surface area contributed by atoms with Gasteiger partial charge in [-0.1, -0.05) is 31.5 Å². The molecule has 0 bridgehead atoms. The number of hydrogen-bond acceptors (Lipinski definition) is 7. The molecule has 0 fully saturated rings. The van der Waals surface area contributed by atoms with E-state index < -0.39 is 28.3 Å². The number of thioether (sulfide) groups is 1. The number of aryl methyl sites for hydroxylation is 1. The van der Waals surface area contributed by atoms with Crippen molar-refractivity contribution in [1.82, 2.24) is 4.72 Å². The van der Waals surface area contributed by atoms with E-state index in [-0.39, 0.29) is 17.4 Å². The van der Waals surface area contributed by atoms with E-state index in [9.17, 15) is 19.5 Å². The molecule has 0 saturated heterocycles. The maximum Gasteiger partial charge on any atom is 0.307 e. The molecule has 0 saturated carbocycles. The van der Waals surface area contributed by atoms with Gasteiger partial charge in [-0.25, -0.2) is 0 Å². The molecule has 0 aliphatic heterocycles. The summed E-state index contributed by atoms with van der Waals surface area (Å²) >= 11 is -0.0961. The number of esters is 1. The zero-order valence-corrected chi connectivity index (χ0v) is 18.3. The number of nitrogens with one attached hydrogen (secondary N) is 1. The molecule has 9 heteroatoms. The van der Waals surface area contributed by atoms with Crippen molar-refractivity contribution in [3.63, 3.8) is 0 Å². The van der Waals surface area contributed by atoms with Crippen LogP contribution in [0.15, 0.2) is 52.3 Å². The van der Waals surface area contributed by atoms with Crippen molar-refractivity contribution in [3.8, 4) is 0 Å². The fourth-order valence-electron chi connectivity index (χ4n) is 2.61. The Balaban J connectivity index is 2.44. The third-order valence-corrected chi connectivity index (χ3v) is 6.32. The summed E-state index contributed by atoms with van der Waals surface area (Å²) in [6.45, 7) is 5.94. The van der Waals surface area contributed by atoms with Crippen LogP contribution >= 0.6 is 11.8 Å². The Morgan fingerprint density at radius 3 is 2.45 bits per heavy atom. The van der Waals surface area contributed by atoms with E-state index in [1.165, 1.54) is 31.0 Å². The Kier molecular flexibility index (Phi) is 8.51. The lowest BCUT2D eigenvalue weighted by atomic mass is 10.0. The lowest BCUT2D eigenvalue weighted by Gasteiger charge is -2.22. The fourth-order valence-corrected chi connectivity index (χ4v) is 4.59. The maximum absolute atomic E-state index is 12.9. The molecular formula is C20H24N2O5S2. The number of nitrogens with zero attached hydrogens (tertiary/aromatic N) is 1. The highest BCUT2D eigenvalue weighted by Gasteiger charge is 2.27. The molecule has 0 radical (unpaired) electrons. The highest BCUT2D eigenvalue weighted by molar-refractivity contribution is 8.00. The highest BCUT2D eigenvalue weighted by Crippen LogP contribution is 2.35. The van der Waals surface area contributed by atoms with Crippen molar-refractivity contribution in [2.75, 3.05) is 7.11 Å². The monoisotopic (exact) mass is 436 g/mol. The largest absolute Gasteiger partial charge is 0.593 e. The average molecular weight is 437 g/mol. The van der Waals surface area contributed by atoms with Crippen molar-refractivity contribution < 1.29 is 19.0 Å². The SMILES string of the molecule is COC(=O)C[C@@H](N[S+]([O-])c1ccc(C)cc1)c1cc([N+](=O)[O-])ccc1SC(C)C. The summed E-state index contributed by atoms with van der Waals surface area (Å²) < 4.78 is 20.6.